The molecule has 0 aromatic heterocycles. The molecule has 0 saturated carbocycles. The monoisotopic (exact) mass is 406 g/mol. The topological polar surface area (TPSA) is 62.1 Å². The van der Waals surface area contributed by atoms with E-state index in [4.69, 9.17) is 5.73 Å². The first-order chi connectivity index (χ1) is 14.1. The van der Waals surface area contributed by atoms with E-state index in [0.29, 0.717) is 0 Å². The van der Waals surface area contributed by atoms with E-state index < -0.39 is 0 Å². The highest BCUT2D eigenvalue weighted by Gasteiger charge is 1.93. The average molecular weight is 407 g/mol. The summed E-state index contributed by atoms with van der Waals surface area (Å²) in [6.45, 7) is 16.1. The summed E-state index contributed by atoms with van der Waals surface area (Å²) in [5.74, 6) is 0. The minimum atomic E-state index is 0.784. The molecular weight excluding hydrogens is 356 g/mol. The summed E-state index contributed by atoms with van der Waals surface area (Å²) >= 11 is 0. The molecule has 0 atom stereocenters. The van der Waals surface area contributed by atoms with E-state index in [-0.39, 0.29) is 0 Å². The van der Waals surface area contributed by atoms with Gasteiger partial charge in [0.1, 0.15) is 0 Å². The number of hydrogen-bond acceptors (Lipinski definition) is 4. The van der Waals surface area contributed by atoms with Gasteiger partial charge in [-0.05, 0) is 118 Å². The molecule has 0 bridgehead atoms. The molecule has 0 rings (SSSR count). The van der Waals surface area contributed by atoms with Gasteiger partial charge < -0.3 is 21.7 Å². The van der Waals surface area contributed by atoms with Gasteiger partial charge in [0, 0.05) is 6.54 Å². The molecule has 0 spiro atoms. The number of rotatable bonds is 20. The highest BCUT2D eigenvalue weighted by Crippen LogP contribution is 2.11. The fraction of sp³-hybridized carbons (Fsp3) is 0.760. The first-order valence-electron chi connectivity index (χ1n) is 11.8. The molecule has 0 aliphatic carbocycles. The first-order valence-corrected chi connectivity index (χ1v) is 11.8. The van der Waals surface area contributed by atoms with Gasteiger partial charge in [-0.2, -0.15) is 0 Å². The summed E-state index contributed by atoms with van der Waals surface area (Å²) in [4.78, 5) is 0. The van der Waals surface area contributed by atoms with Crippen LogP contribution in [0.25, 0.3) is 0 Å². The second-order valence-corrected chi connectivity index (χ2v) is 8.37. The van der Waals surface area contributed by atoms with Gasteiger partial charge in [-0.1, -0.05) is 34.9 Å². The van der Waals surface area contributed by atoms with Crippen molar-refractivity contribution in [3.05, 3.63) is 34.9 Å². The second-order valence-electron chi connectivity index (χ2n) is 8.37. The largest absolute Gasteiger partial charge is 0.330 e. The summed E-state index contributed by atoms with van der Waals surface area (Å²) in [5.41, 5.74) is 9.90. The zero-order valence-corrected chi connectivity index (χ0v) is 19.9. The van der Waals surface area contributed by atoms with Crippen LogP contribution in [0.5, 0.6) is 0 Å². The quantitative estimate of drug-likeness (QED) is 0.175. The molecule has 0 unspecified atom stereocenters. The van der Waals surface area contributed by atoms with Crippen molar-refractivity contribution in [3.63, 3.8) is 0 Å². The van der Waals surface area contributed by atoms with E-state index in [9.17, 15) is 0 Å². The molecule has 0 radical (unpaired) electrons. The Bertz CT molecular complexity index is 448. The van der Waals surface area contributed by atoms with E-state index in [1.165, 1.54) is 55.2 Å². The molecule has 4 nitrogen and oxygen atoms in total. The van der Waals surface area contributed by atoms with Gasteiger partial charge in [0.05, 0.1) is 0 Å². The molecule has 170 valence electrons. The Labute approximate surface area is 181 Å². The summed E-state index contributed by atoms with van der Waals surface area (Å²) in [5, 5.41) is 10.5. The Balaban J connectivity index is 3.46. The molecule has 4 heteroatoms. The van der Waals surface area contributed by atoms with Gasteiger partial charge in [0.2, 0.25) is 0 Å². The molecule has 0 fully saturated rings. The summed E-state index contributed by atoms with van der Waals surface area (Å²) < 4.78 is 0. The lowest BCUT2D eigenvalue weighted by molar-refractivity contribution is 0.561. The van der Waals surface area contributed by atoms with Gasteiger partial charge in [-0.3, -0.25) is 0 Å². The molecule has 0 heterocycles. The van der Waals surface area contributed by atoms with Crippen LogP contribution in [0.4, 0.5) is 0 Å². The Kier molecular flexibility index (Phi) is 21.1. The van der Waals surface area contributed by atoms with E-state index in [2.05, 4.69) is 61.9 Å². The van der Waals surface area contributed by atoms with Crippen LogP contribution in [0.2, 0.25) is 0 Å². The lowest BCUT2D eigenvalue weighted by Gasteiger charge is -2.06. The van der Waals surface area contributed by atoms with Crippen LogP contribution in [0.15, 0.2) is 34.9 Å². The Hall–Kier alpha value is -0.940. The zero-order chi connectivity index (χ0) is 21.6. The van der Waals surface area contributed by atoms with E-state index in [1.54, 1.807) is 0 Å². The lowest BCUT2D eigenvalue weighted by atomic mass is 10.1. The van der Waals surface area contributed by atoms with Crippen LogP contribution in [0.3, 0.4) is 0 Å². The van der Waals surface area contributed by atoms with E-state index in [1.807, 2.05) is 0 Å². The minimum Gasteiger partial charge on any atom is -0.330 e. The van der Waals surface area contributed by atoms with E-state index >= 15 is 0 Å². The molecule has 0 aliphatic rings. The maximum atomic E-state index is 5.47. The highest BCUT2D eigenvalue weighted by atomic mass is 14.9. The predicted molar refractivity (Wildman–Crippen MR) is 132 cm³/mol. The summed E-state index contributed by atoms with van der Waals surface area (Å²) in [7, 11) is 0. The number of allylic oxidation sites excluding steroid dienone is 5. The average Bonchev–Trinajstić information content (AvgIpc) is 2.68. The normalized spacial score (nSPS) is 12.4. The van der Waals surface area contributed by atoms with Crippen molar-refractivity contribution < 1.29 is 0 Å². The smallest absolute Gasteiger partial charge is 0.0137 e. The van der Waals surface area contributed by atoms with Crippen molar-refractivity contribution >= 4 is 0 Å². The molecule has 5 N–H and O–H groups in total. The van der Waals surface area contributed by atoms with Crippen molar-refractivity contribution in [1.29, 1.82) is 0 Å². The SMILES string of the molecule is CC(C)=CCCC(C)=CCCC(C)=CCNCCCNCCCCNCCCN. The summed E-state index contributed by atoms with van der Waals surface area (Å²) in [6, 6.07) is 0. The van der Waals surface area contributed by atoms with Crippen molar-refractivity contribution in [3.8, 4) is 0 Å². The highest BCUT2D eigenvalue weighted by molar-refractivity contribution is 5.05. The molecule has 29 heavy (non-hydrogen) atoms. The van der Waals surface area contributed by atoms with Gasteiger partial charge in [-0.15, -0.1) is 0 Å². The zero-order valence-electron chi connectivity index (χ0n) is 19.9. The fourth-order valence-corrected chi connectivity index (χ4v) is 3.00. The third kappa shape index (κ3) is 23.2. The van der Waals surface area contributed by atoms with Gasteiger partial charge >= 0.3 is 0 Å². The number of unbranched alkanes of at least 4 members (excludes halogenated alkanes) is 1. The lowest BCUT2D eigenvalue weighted by Crippen LogP contribution is -2.24. The Morgan fingerprint density at radius 3 is 1.76 bits per heavy atom. The molecule has 0 aromatic rings. The van der Waals surface area contributed by atoms with Crippen molar-refractivity contribution in [2.75, 3.05) is 45.8 Å². The molecule has 0 saturated heterocycles. The van der Waals surface area contributed by atoms with Crippen LogP contribution in [0, 0.1) is 0 Å². The third-order valence-corrected chi connectivity index (χ3v) is 4.94. The van der Waals surface area contributed by atoms with Crippen molar-refractivity contribution in [2.45, 2.75) is 79.1 Å². The van der Waals surface area contributed by atoms with Crippen LogP contribution in [0.1, 0.15) is 79.1 Å². The molecular formula is C25H50N4. The number of nitrogens with two attached hydrogens (primary N) is 1. The third-order valence-electron chi connectivity index (χ3n) is 4.94. The van der Waals surface area contributed by atoms with Crippen molar-refractivity contribution in [2.24, 2.45) is 5.73 Å². The standard InChI is InChI=1S/C25H50N4/c1-23(2)11-7-12-24(3)13-8-14-25(4)15-22-29-21-10-20-28-18-6-5-17-27-19-9-16-26/h11,13,15,27-29H,5-10,12,14,16-22,26H2,1-4H3. The van der Waals surface area contributed by atoms with Gasteiger partial charge in [0.15, 0.2) is 0 Å². The van der Waals surface area contributed by atoms with Gasteiger partial charge in [-0.25, -0.2) is 0 Å². The maximum absolute atomic E-state index is 5.47. The first kappa shape index (κ1) is 28.1. The van der Waals surface area contributed by atoms with Crippen LogP contribution in [-0.2, 0) is 0 Å². The molecule has 0 amide bonds. The molecule has 0 aliphatic heterocycles. The minimum absolute atomic E-state index is 0.784. The molecule has 0 aromatic carbocycles. The van der Waals surface area contributed by atoms with Crippen LogP contribution >= 0.6 is 0 Å². The van der Waals surface area contributed by atoms with Crippen molar-refractivity contribution in [1.82, 2.24) is 16.0 Å². The van der Waals surface area contributed by atoms with Crippen LogP contribution < -0.4 is 21.7 Å². The second kappa shape index (κ2) is 21.8. The van der Waals surface area contributed by atoms with Crippen LogP contribution in [-0.4, -0.2) is 45.8 Å². The van der Waals surface area contributed by atoms with Gasteiger partial charge in [0.25, 0.3) is 0 Å². The Morgan fingerprint density at radius 2 is 1.14 bits per heavy atom. The fourth-order valence-electron chi connectivity index (χ4n) is 3.00. The maximum Gasteiger partial charge on any atom is 0.0137 e. The summed E-state index contributed by atoms with van der Waals surface area (Å²) in [6.07, 6.45) is 16.5. The number of hydrogen-bond donors (Lipinski definition) is 4. The predicted octanol–water partition coefficient (Wildman–Crippen LogP) is 4.69. The number of nitrogens with one attached hydrogen (secondary N) is 3. The Morgan fingerprint density at radius 1 is 0.621 bits per heavy atom. The van der Waals surface area contributed by atoms with E-state index in [0.717, 1.165) is 58.7 Å².